The summed E-state index contributed by atoms with van der Waals surface area (Å²) in [6.45, 7) is 0.456. The Balaban J connectivity index is 1.74. The molecule has 9 nitrogen and oxygen atoms in total. The molecule has 0 fully saturated rings. The molecule has 1 atom stereocenters. The monoisotopic (exact) mass is 519 g/mol. The average Bonchev–Trinajstić information content (AvgIpc) is 3.46. The van der Waals surface area contributed by atoms with Gasteiger partial charge in [0, 0.05) is 23.1 Å². The zero-order chi connectivity index (χ0) is 27.1. The highest BCUT2D eigenvalue weighted by atomic mass is 19.4. The van der Waals surface area contributed by atoms with Crippen LogP contribution < -0.4 is 15.8 Å². The number of carbonyl (C=O) groups is 1. The Morgan fingerprint density at radius 2 is 2.05 bits per heavy atom. The minimum absolute atomic E-state index is 0.0282. The van der Waals surface area contributed by atoms with Crippen molar-refractivity contribution in [1.82, 2.24) is 25.3 Å². The van der Waals surface area contributed by atoms with Crippen molar-refractivity contribution < 1.29 is 31.5 Å². The van der Waals surface area contributed by atoms with Crippen LogP contribution in [0.1, 0.15) is 34.5 Å². The molecular formula is C23H18F5N7O2. The molecule has 192 valence electrons. The molecule has 4 N–H and O–H groups in total. The lowest BCUT2D eigenvalue weighted by atomic mass is 10.0. The number of rotatable bonds is 6. The number of alkyl halides is 3. The standard InChI is InChI=1S/C23H18F5N7O2/c1-10(23(26,27)28)35-21(30)14(7-29)20(34-35)12-6-17(25)16(19-15(12)9-32-33-19)8-31-22(36)13-5-11(24)3-4-18(13)37-2/h3-6,9-10H,8,30H2,1-2H3,(H,31,36)(H,32,33). The van der Waals surface area contributed by atoms with Crippen LogP contribution in [0.3, 0.4) is 0 Å². The number of ether oxygens (including phenoxy) is 1. The number of nitrogens with zero attached hydrogens (tertiary/aromatic N) is 4. The van der Waals surface area contributed by atoms with E-state index in [1.165, 1.54) is 19.4 Å². The largest absolute Gasteiger partial charge is 0.496 e. The molecule has 2 aromatic carbocycles. The van der Waals surface area contributed by atoms with E-state index in [9.17, 15) is 27.6 Å². The average molecular weight is 519 g/mol. The molecule has 37 heavy (non-hydrogen) atoms. The fourth-order valence-electron chi connectivity index (χ4n) is 3.80. The van der Waals surface area contributed by atoms with Gasteiger partial charge in [-0.3, -0.25) is 9.89 Å². The second kappa shape index (κ2) is 9.41. The number of benzene rings is 2. The number of amides is 1. The normalized spacial score (nSPS) is 12.4. The topological polar surface area (TPSA) is 135 Å². The number of H-pyrrole nitrogens is 1. The smallest absolute Gasteiger partial charge is 0.410 e. The quantitative estimate of drug-likeness (QED) is 0.327. The van der Waals surface area contributed by atoms with Crippen LogP contribution >= 0.6 is 0 Å². The number of hydrogen-bond acceptors (Lipinski definition) is 6. The van der Waals surface area contributed by atoms with E-state index in [0.29, 0.717) is 4.68 Å². The second-order valence-electron chi connectivity index (χ2n) is 7.95. The summed E-state index contributed by atoms with van der Waals surface area (Å²) in [5.74, 6) is -2.72. The summed E-state index contributed by atoms with van der Waals surface area (Å²) in [5, 5.41) is 22.6. The van der Waals surface area contributed by atoms with E-state index < -0.39 is 35.6 Å². The van der Waals surface area contributed by atoms with Crippen molar-refractivity contribution in [3.63, 3.8) is 0 Å². The number of halogens is 5. The van der Waals surface area contributed by atoms with Crippen LogP contribution in [-0.2, 0) is 6.54 Å². The van der Waals surface area contributed by atoms with Crippen LogP contribution in [-0.4, -0.2) is 39.2 Å². The van der Waals surface area contributed by atoms with Gasteiger partial charge in [0.1, 0.15) is 46.6 Å². The molecule has 0 bridgehead atoms. The molecule has 4 aromatic rings. The lowest BCUT2D eigenvalue weighted by molar-refractivity contribution is -0.164. The molecule has 14 heteroatoms. The van der Waals surface area contributed by atoms with Gasteiger partial charge in [0.25, 0.3) is 5.91 Å². The molecule has 0 saturated carbocycles. The Labute approximate surface area is 205 Å². The first kappa shape index (κ1) is 25.4. The molecule has 0 saturated heterocycles. The summed E-state index contributed by atoms with van der Waals surface area (Å²) in [6.07, 6.45) is -3.43. The fraction of sp³-hybridized carbons (Fsp3) is 0.217. The SMILES string of the molecule is COc1ccc(F)cc1C(=O)NCc1c(F)cc(-c2nn(C(C)C(F)(F)F)c(N)c2C#N)c2cn[nH]c12. The van der Waals surface area contributed by atoms with Crippen molar-refractivity contribution >= 4 is 22.6 Å². The van der Waals surface area contributed by atoms with Gasteiger partial charge < -0.3 is 15.8 Å². The van der Waals surface area contributed by atoms with E-state index in [0.717, 1.165) is 25.1 Å². The summed E-state index contributed by atoms with van der Waals surface area (Å²) < 4.78 is 74.3. The third-order valence-corrected chi connectivity index (χ3v) is 5.78. The molecular weight excluding hydrogens is 501 g/mol. The van der Waals surface area contributed by atoms with Gasteiger partial charge in [-0.2, -0.15) is 28.6 Å². The number of methoxy groups -OCH3 is 1. The van der Waals surface area contributed by atoms with Crippen molar-refractivity contribution in [3.8, 4) is 23.1 Å². The summed E-state index contributed by atoms with van der Waals surface area (Å²) in [5.41, 5.74) is 5.07. The third kappa shape index (κ3) is 4.51. The number of carbonyl (C=O) groups excluding carboxylic acids is 1. The maximum absolute atomic E-state index is 15.3. The number of aromatic amines is 1. The number of hydrogen-bond donors (Lipinski definition) is 3. The molecule has 1 amide bonds. The predicted molar refractivity (Wildman–Crippen MR) is 121 cm³/mol. The minimum atomic E-state index is -4.70. The van der Waals surface area contributed by atoms with Crippen molar-refractivity contribution in [3.05, 3.63) is 58.8 Å². The number of nitriles is 1. The lowest BCUT2D eigenvalue weighted by Crippen LogP contribution is -2.25. The predicted octanol–water partition coefficient (Wildman–Crippen LogP) is 4.22. The first-order chi connectivity index (χ1) is 17.5. The van der Waals surface area contributed by atoms with Crippen molar-refractivity contribution in [1.29, 1.82) is 5.26 Å². The zero-order valence-electron chi connectivity index (χ0n) is 19.2. The lowest BCUT2D eigenvalue weighted by Gasteiger charge is -2.17. The maximum Gasteiger partial charge on any atom is 0.410 e. The Hall–Kier alpha value is -4.67. The van der Waals surface area contributed by atoms with Crippen LogP contribution in [0.5, 0.6) is 5.75 Å². The van der Waals surface area contributed by atoms with Gasteiger partial charge >= 0.3 is 6.18 Å². The minimum Gasteiger partial charge on any atom is -0.496 e. The van der Waals surface area contributed by atoms with Crippen LogP contribution in [0.15, 0.2) is 30.5 Å². The number of nitrogen functional groups attached to an aromatic ring is 1. The van der Waals surface area contributed by atoms with Gasteiger partial charge in [0.05, 0.1) is 24.4 Å². The fourth-order valence-corrected chi connectivity index (χ4v) is 3.80. The van der Waals surface area contributed by atoms with E-state index in [1.54, 1.807) is 6.07 Å². The summed E-state index contributed by atoms with van der Waals surface area (Å²) >= 11 is 0. The van der Waals surface area contributed by atoms with Crippen LogP contribution in [0.4, 0.5) is 27.8 Å². The van der Waals surface area contributed by atoms with Gasteiger partial charge in [-0.05, 0) is 31.2 Å². The first-order valence-corrected chi connectivity index (χ1v) is 10.6. The zero-order valence-corrected chi connectivity index (χ0v) is 19.2. The Kier molecular flexibility index (Phi) is 6.47. The molecule has 1 unspecified atom stereocenters. The highest BCUT2D eigenvalue weighted by Crippen LogP contribution is 2.38. The van der Waals surface area contributed by atoms with Gasteiger partial charge in [-0.15, -0.1) is 0 Å². The summed E-state index contributed by atoms with van der Waals surface area (Å²) in [7, 11) is 1.30. The molecule has 0 aliphatic heterocycles. The highest BCUT2D eigenvalue weighted by molar-refractivity contribution is 5.99. The van der Waals surface area contributed by atoms with E-state index in [-0.39, 0.29) is 51.1 Å². The number of nitrogens with two attached hydrogens (primary N) is 1. The highest BCUT2D eigenvalue weighted by Gasteiger charge is 2.40. The maximum atomic E-state index is 15.3. The van der Waals surface area contributed by atoms with Gasteiger partial charge in [-0.25, -0.2) is 13.5 Å². The van der Waals surface area contributed by atoms with E-state index in [2.05, 4.69) is 20.6 Å². The van der Waals surface area contributed by atoms with E-state index in [1.807, 2.05) is 0 Å². The molecule has 4 rings (SSSR count). The Morgan fingerprint density at radius 1 is 1.32 bits per heavy atom. The molecule has 0 aliphatic carbocycles. The first-order valence-electron chi connectivity index (χ1n) is 10.6. The summed E-state index contributed by atoms with van der Waals surface area (Å²) in [4.78, 5) is 12.6. The number of fused-ring (bicyclic) bond motifs is 1. The van der Waals surface area contributed by atoms with Gasteiger partial charge in [0.2, 0.25) is 0 Å². The summed E-state index contributed by atoms with van der Waals surface area (Å²) in [6, 6.07) is 3.89. The van der Waals surface area contributed by atoms with Crippen LogP contribution in [0, 0.1) is 23.0 Å². The molecule has 2 aromatic heterocycles. The van der Waals surface area contributed by atoms with Gasteiger partial charge in [0.15, 0.2) is 0 Å². The van der Waals surface area contributed by atoms with Crippen molar-refractivity contribution in [2.24, 2.45) is 0 Å². The number of nitrogens with one attached hydrogen (secondary N) is 2. The number of aromatic nitrogens is 4. The Bertz CT molecular complexity index is 1550. The Morgan fingerprint density at radius 3 is 2.70 bits per heavy atom. The number of anilines is 1. The van der Waals surface area contributed by atoms with Gasteiger partial charge in [-0.1, -0.05) is 0 Å². The second-order valence-corrected chi connectivity index (χ2v) is 7.95. The third-order valence-electron chi connectivity index (χ3n) is 5.78. The molecule has 0 radical (unpaired) electrons. The van der Waals surface area contributed by atoms with E-state index >= 15 is 4.39 Å². The van der Waals surface area contributed by atoms with Crippen molar-refractivity contribution in [2.75, 3.05) is 12.8 Å². The molecule has 0 spiro atoms. The van der Waals surface area contributed by atoms with Crippen LogP contribution in [0.25, 0.3) is 22.2 Å². The van der Waals surface area contributed by atoms with Crippen LogP contribution in [0.2, 0.25) is 0 Å². The molecule has 0 aliphatic rings. The molecule has 2 heterocycles. The van der Waals surface area contributed by atoms with Crippen molar-refractivity contribution in [2.45, 2.75) is 25.7 Å². The van der Waals surface area contributed by atoms with E-state index in [4.69, 9.17) is 10.5 Å².